The highest BCUT2D eigenvalue weighted by Gasteiger charge is 2.33. The molecule has 0 bridgehead atoms. The topological polar surface area (TPSA) is 76.1 Å². The molecule has 0 aliphatic carbocycles. The van der Waals surface area contributed by atoms with Crippen LogP contribution < -0.4 is 9.88 Å². The number of thiocarbonyl (C=S) groups is 1. The zero-order valence-electron chi connectivity index (χ0n) is 15.1. The predicted octanol–water partition coefficient (Wildman–Crippen LogP) is 3.36. The first-order valence-corrected chi connectivity index (χ1v) is 9.05. The average molecular weight is 384 g/mol. The third-order valence-electron chi connectivity index (χ3n) is 4.04. The molecule has 1 atom stereocenters. The van der Waals surface area contributed by atoms with Gasteiger partial charge in [-0.1, -0.05) is 31.6 Å². The summed E-state index contributed by atoms with van der Waals surface area (Å²) in [6.07, 6.45) is 7.33. The normalized spacial score (nSPS) is 11.4. The number of carbonyl (C=O) groups excluding carboxylic acids is 1. The first-order chi connectivity index (χ1) is 13.0. The molecule has 1 N–H and O–H groups in total. The van der Waals surface area contributed by atoms with Crippen molar-refractivity contribution in [1.82, 2.24) is 5.32 Å². The van der Waals surface area contributed by atoms with Gasteiger partial charge in [0.25, 0.3) is 11.7 Å². The Labute approximate surface area is 163 Å². The van der Waals surface area contributed by atoms with Gasteiger partial charge >= 0.3 is 0 Å². The minimum Gasteiger partial charge on any atom is -0.370 e. The fourth-order valence-corrected chi connectivity index (χ4v) is 2.97. The summed E-state index contributed by atoms with van der Waals surface area (Å²) in [7, 11) is 0. The summed E-state index contributed by atoms with van der Waals surface area (Å²) in [4.78, 5) is 23.8. The number of nitrogens with zero attached hydrogens (tertiary/aromatic N) is 2. The van der Waals surface area contributed by atoms with Crippen LogP contribution in [-0.2, 0) is 6.42 Å². The van der Waals surface area contributed by atoms with E-state index in [1.54, 1.807) is 10.6 Å². The SMILES string of the molecule is C=CCNC(=S)[C@@H](C(=O)c1ccc([N+](=O)[O-])cc1)[n+]1ccc(CCC)cc1. The number of hydrogen-bond donors (Lipinski definition) is 1. The van der Waals surface area contributed by atoms with Gasteiger partial charge < -0.3 is 5.32 Å². The zero-order valence-corrected chi connectivity index (χ0v) is 15.9. The summed E-state index contributed by atoms with van der Waals surface area (Å²) in [6.45, 7) is 6.20. The Morgan fingerprint density at radius 3 is 2.44 bits per heavy atom. The molecule has 140 valence electrons. The van der Waals surface area contributed by atoms with Crippen molar-refractivity contribution in [3.05, 3.63) is 82.7 Å². The van der Waals surface area contributed by atoms with Crippen molar-refractivity contribution in [1.29, 1.82) is 0 Å². The van der Waals surface area contributed by atoms with E-state index in [1.807, 2.05) is 24.5 Å². The number of nitro benzene ring substituents is 1. The van der Waals surface area contributed by atoms with Gasteiger partial charge in [-0.2, -0.15) is 4.57 Å². The number of aryl methyl sites for hydroxylation is 1. The van der Waals surface area contributed by atoms with Crippen LogP contribution >= 0.6 is 12.2 Å². The number of nitro groups is 1. The lowest BCUT2D eigenvalue weighted by molar-refractivity contribution is -0.692. The zero-order chi connectivity index (χ0) is 19.8. The Morgan fingerprint density at radius 2 is 1.93 bits per heavy atom. The first-order valence-electron chi connectivity index (χ1n) is 8.65. The van der Waals surface area contributed by atoms with E-state index in [4.69, 9.17) is 12.2 Å². The van der Waals surface area contributed by atoms with E-state index in [0.717, 1.165) is 12.8 Å². The minimum absolute atomic E-state index is 0.0629. The van der Waals surface area contributed by atoms with Crippen LogP contribution in [0, 0.1) is 10.1 Å². The Morgan fingerprint density at radius 1 is 1.30 bits per heavy atom. The lowest BCUT2D eigenvalue weighted by Crippen LogP contribution is -2.51. The van der Waals surface area contributed by atoms with Crippen molar-refractivity contribution in [2.75, 3.05) is 6.54 Å². The van der Waals surface area contributed by atoms with Crippen LogP contribution in [0.25, 0.3) is 0 Å². The van der Waals surface area contributed by atoms with Gasteiger partial charge in [0.05, 0.1) is 4.92 Å². The second-order valence-electron chi connectivity index (χ2n) is 6.01. The first kappa shape index (κ1) is 20.4. The van der Waals surface area contributed by atoms with Gasteiger partial charge in [0.15, 0.2) is 17.4 Å². The van der Waals surface area contributed by atoms with Crippen molar-refractivity contribution in [2.45, 2.75) is 25.8 Å². The number of benzene rings is 1. The number of hydrogen-bond acceptors (Lipinski definition) is 4. The molecule has 0 amide bonds. The van der Waals surface area contributed by atoms with Crippen LogP contribution in [0.1, 0.15) is 35.3 Å². The molecule has 2 aromatic rings. The molecule has 1 aromatic carbocycles. The monoisotopic (exact) mass is 384 g/mol. The Kier molecular flexibility index (Phi) is 7.31. The second kappa shape index (κ2) is 9.68. The van der Waals surface area contributed by atoms with Gasteiger partial charge in [0.2, 0.25) is 5.78 Å². The number of Topliss-reactive ketones (excluding diaryl/α,β-unsaturated/α-hetero) is 1. The van der Waals surface area contributed by atoms with E-state index in [9.17, 15) is 14.9 Å². The van der Waals surface area contributed by atoms with E-state index in [0.29, 0.717) is 17.1 Å². The average Bonchev–Trinajstić information content (AvgIpc) is 2.68. The molecule has 0 unspecified atom stereocenters. The molecule has 0 saturated heterocycles. The van der Waals surface area contributed by atoms with E-state index < -0.39 is 11.0 Å². The number of nitrogens with one attached hydrogen (secondary N) is 1. The molecule has 0 aliphatic rings. The van der Waals surface area contributed by atoms with E-state index in [2.05, 4.69) is 18.8 Å². The maximum absolute atomic E-state index is 13.1. The molecule has 27 heavy (non-hydrogen) atoms. The number of carbonyl (C=O) groups is 1. The van der Waals surface area contributed by atoms with Crippen molar-refractivity contribution in [3.63, 3.8) is 0 Å². The molecule has 0 aliphatic heterocycles. The standard InChI is InChI=1S/C20H21N3O3S/c1-3-5-15-10-13-22(14-11-15)18(20(27)21-12-4-2)19(24)16-6-8-17(9-7-16)23(25)26/h4,6-11,13-14,18H,2-3,5,12H2,1H3/p+1/t18-/m1/s1. The summed E-state index contributed by atoms with van der Waals surface area (Å²) < 4.78 is 1.75. The molecule has 6 nitrogen and oxygen atoms in total. The summed E-state index contributed by atoms with van der Waals surface area (Å²) in [5, 5.41) is 13.8. The molecule has 0 saturated carbocycles. The van der Waals surface area contributed by atoms with Gasteiger partial charge in [-0.05, 0) is 24.1 Å². The highest BCUT2D eigenvalue weighted by molar-refractivity contribution is 7.80. The summed E-state index contributed by atoms with van der Waals surface area (Å²) in [5.74, 6) is -0.236. The van der Waals surface area contributed by atoms with Crippen molar-refractivity contribution in [2.24, 2.45) is 0 Å². The molecule has 1 heterocycles. The molecule has 7 heteroatoms. The third-order valence-corrected chi connectivity index (χ3v) is 4.41. The van der Waals surface area contributed by atoms with Crippen LogP contribution in [0.4, 0.5) is 5.69 Å². The molecule has 0 fully saturated rings. The van der Waals surface area contributed by atoms with E-state index in [-0.39, 0.29) is 11.5 Å². The van der Waals surface area contributed by atoms with Crippen LogP contribution in [0.3, 0.4) is 0 Å². The van der Waals surface area contributed by atoms with Crippen LogP contribution in [-0.4, -0.2) is 22.2 Å². The van der Waals surface area contributed by atoms with Gasteiger partial charge in [0.1, 0.15) is 0 Å². The van der Waals surface area contributed by atoms with Gasteiger partial charge in [-0.25, -0.2) is 0 Å². The molecular weight excluding hydrogens is 362 g/mol. The molecule has 0 spiro atoms. The summed E-state index contributed by atoms with van der Waals surface area (Å²) >= 11 is 5.44. The Balaban J connectivity index is 2.35. The maximum atomic E-state index is 13.1. The largest absolute Gasteiger partial charge is 0.370 e. The van der Waals surface area contributed by atoms with Crippen LogP contribution in [0.5, 0.6) is 0 Å². The maximum Gasteiger partial charge on any atom is 0.270 e. The van der Waals surface area contributed by atoms with Crippen LogP contribution in [0.15, 0.2) is 61.4 Å². The van der Waals surface area contributed by atoms with Crippen molar-refractivity contribution < 1.29 is 14.3 Å². The van der Waals surface area contributed by atoms with E-state index in [1.165, 1.54) is 29.8 Å². The number of non-ortho nitro benzene ring substituents is 1. The van der Waals surface area contributed by atoms with Gasteiger partial charge in [-0.15, -0.1) is 6.58 Å². The van der Waals surface area contributed by atoms with Crippen molar-refractivity contribution >= 4 is 28.7 Å². The van der Waals surface area contributed by atoms with E-state index >= 15 is 0 Å². The van der Waals surface area contributed by atoms with Crippen molar-refractivity contribution in [3.8, 4) is 0 Å². The molecule has 2 rings (SSSR count). The second-order valence-corrected chi connectivity index (χ2v) is 6.45. The third kappa shape index (κ3) is 5.27. The predicted molar refractivity (Wildman–Crippen MR) is 108 cm³/mol. The van der Waals surface area contributed by atoms with Gasteiger partial charge in [0, 0.05) is 36.4 Å². The molecule has 1 aromatic heterocycles. The summed E-state index contributed by atoms with van der Waals surface area (Å²) in [5.41, 5.74) is 1.48. The number of pyridine rings is 1. The fourth-order valence-electron chi connectivity index (χ4n) is 2.66. The lowest BCUT2D eigenvalue weighted by Gasteiger charge is -2.14. The quantitative estimate of drug-likeness (QED) is 0.179. The Hall–Kier alpha value is -2.93. The lowest BCUT2D eigenvalue weighted by atomic mass is 10.0. The highest BCUT2D eigenvalue weighted by Crippen LogP contribution is 2.16. The Bertz CT molecular complexity index is 833. The summed E-state index contributed by atoms with van der Waals surface area (Å²) in [6, 6.07) is 8.74. The number of rotatable bonds is 9. The van der Waals surface area contributed by atoms with Gasteiger partial charge in [-0.3, -0.25) is 14.9 Å². The number of aromatic nitrogens is 1. The molecular formula is C20H22N3O3S+. The molecule has 0 radical (unpaired) electrons. The highest BCUT2D eigenvalue weighted by atomic mass is 32.1. The minimum atomic E-state index is -0.739. The smallest absolute Gasteiger partial charge is 0.270 e. The number of ketones is 1. The fraction of sp³-hybridized carbons (Fsp3) is 0.250. The van der Waals surface area contributed by atoms with Crippen LogP contribution in [0.2, 0.25) is 0 Å².